The molecule has 3 nitrogen and oxygen atoms in total. The van der Waals surface area contributed by atoms with Crippen molar-refractivity contribution in [1.82, 2.24) is 0 Å². The lowest BCUT2D eigenvalue weighted by molar-refractivity contribution is 0.0479. The van der Waals surface area contributed by atoms with Crippen LogP contribution in [0.4, 0.5) is 10.1 Å². The van der Waals surface area contributed by atoms with Gasteiger partial charge in [-0.05, 0) is 35.2 Å². The first-order valence-electron chi connectivity index (χ1n) is 5.01. The van der Waals surface area contributed by atoms with Gasteiger partial charge in [0.2, 0.25) is 0 Å². The summed E-state index contributed by atoms with van der Waals surface area (Å²) in [5.74, 6) is -0.881. The van der Waals surface area contributed by atoms with E-state index >= 15 is 0 Å². The van der Waals surface area contributed by atoms with Crippen molar-refractivity contribution in [1.29, 1.82) is 0 Å². The van der Waals surface area contributed by atoms with Crippen LogP contribution < -0.4 is 5.73 Å². The Morgan fingerprint density at radius 1 is 1.44 bits per heavy atom. The maximum atomic E-state index is 13.1. The molecule has 0 fully saturated rings. The summed E-state index contributed by atoms with van der Waals surface area (Å²) in [5, 5.41) is 1.71. The number of benzene rings is 1. The smallest absolute Gasteiger partial charge is 0.350 e. The van der Waals surface area contributed by atoms with Gasteiger partial charge in [0.25, 0.3) is 0 Å². The molecule has 0 saturated heterocycles. The molecular weight excluding hydrogens is 321 g/mol. The normalized spacial score (nSPS) is 10.3. The Balaban J connectivity index is 2.04. The number of hydrogen-bond acceptors (Lipinski definition) is 4. The van der Waals surface area contributed by atoms with Gasteiger partial charge in [-0.15, -0.1) is 11.3 Å². The standard InChI is InChI=1S/C12H9BrFNO2S/c13-8-3-7(4-9(14)5-8)6-17-12(16)11-10(15)1-2-18-11/h1-5H,6,15H2. The van der Waals surface area contributed by atoms with E-state index in [-0.39, 0.29) is 12.4 Å². The maximum Gasteiger partial charge on any atom is 0.350 e. The summed E-state index contributed by atoms with van der Waals surface area (Å²) in [6.45, 7) is 0.00648. The molecule has 0 bridgehead atoms. The first kappa shape index (κ1) is 13.0. The number of carbonyl (C=O) groups is 1. The van der Waals surface area contributed by atoms with E-state index in [4.69, 9.17) is 10.5 Å². The predicted molar refractivity (Wildman–Crippen MR) is 72.0 cm³/mol. The van der Waals surface area contributed by atoms with Gasteiger partial charge in [-0.2, -0.15) is 0 Å². The lowest BCUT2D eigenvalue weighted by Crippen LogP contribution is -2.05. The zero-order valence-corrected chi connectivity index (χ0v) is 11.6. The van der Waals surface area contributed by atoms with Gasteiger partial charge in [-0.1, -0.05) is 15.9 Å². The molecule has 6 heteroatoms. The lowest BCUT2D eigenvalue weighted by atomic mass is 10.2. The Bertz CT molecular complexity index is 565. The van der Waals surface area contributed by atoms with Crippen LogP contribution in [0.25, 0.3) is 0 Å². The highest BCUT2D eigenvalue weighted by Gasteiger charge is 2.13. The van der Waals surface area contributed by atoms with E-state index in [1.165, 1.54) is 23.5 Å². The molecule has 0 aliphatic carbocycles. The first-order chi connectivity index (χ1) is 8.56. The summed E-state index contributed by atoms with van der Waals surface area (Å²) in [5.41, 5.74) is 6.57. The largest absolute Gasteiger partial charge is 0.457 e. The fraction of sp³-hybridized carbons (Fsp3) is 0.0833. The van der Waals surface area contributed by atoms with E-state index in [1.54, 1.807) is 17.5 Å². The summed E-state index contributed by atoms with van der Waals surface area (Å²) in [6.07, 6.45) is 0. The van der Waals surface area contributed by atoms with E-state index < -0.39 is 5.97 Å². The number of thiophene rings is 1. The molecule has 2 rings (SSSR count). The van der Waals surface area contributed by atoms with Crippen molar-refractivity contribution < 1.29 is 13.9 Å². The summed E-state index contributed by atoms with van der Waals surface area (Å²) >= 11 is 4.39. The fourth-order valence-electron chi connectivity index (χ4n) is 1.39. The molecule has 0 amide bonds. The maximum absolute atomic E-state index is 13.1. The summed E-state index contributed by atoms with van der Waals surface area (Å²) in [6, 6.07) is 5.98. The molecule has 0 saturated carbocycles. The van der Waals surface area contributed by atoms with Crippen molar-refractivity contribution in [2.24, 2.45) is 0 Å². The van der Waals surface area contributed by atoms with Crippen LogP contribution >= 0.6 is 27.3 Å². The van der Waals surface area contributed by atoms with E-state index in [9.17, 15) is 9.18 Å². The Hall–Kier alpha value is -1.40. The van der Waals surface area contributed by atoms with E-state index in [1.807, 2.05) is 0 Å². The number of nitrogens with two attached hydrogens (primary N) is 1. The van der Waals surface area contributed by atoms with Gasteiger partial charge in [0.15, 0.2) is 0 Å². The van der Waals surface area contributed by atoms with Crippen LogP contribution in [0.1, 0.15) is 15.2 Å². The molecular formula is C12H9BrFNO2S. The molecule has 1 aromatic heterocycles. The fourth-order valence-corrected chi connectivity index (χ4v) is 2.62. The third-order valence-electron chi connectivity index (χ3n) is 2.17. The zero-order chi connectivity index (χ0) is 13.1. The highest BCUT2D eigenvalue weighted by Crippen LogP contribution is 2.21. The van der Waals surface area contributed by atoms with Crippen molar-refractivity contribution in [3.8, 4) is 0 Å². The monoisotopic (exact) mass is 329 g/mol. The van der Waals surface area contributed by atoms with Gasteiger partial charge in [-0.3, -0.25) is 0 Å². The Morgan fingerprint density at radius 3 is 2.83 bits per heavy atom. The van der Waals surface area contributed by atoms with E-state index in [0.29, 0.717) is 20.6 Å². The molecule has 1 aromatic carbocycles. The highest BCUT2D eigenvalue weighted by atomic mass is 79.9. The quantitative estimate of drug-likeness (QED) is 0.875. The molecule has 0 aliphatic heterocycles. The Labute approximate surface area is 116 Å². The number of ether oxygens (including phenoxy) is 1. The van der Waals surface area contributed by atoms with Crippen molar-refractivity contribution in [3.05, 3.63) is 50.4 Å². The van der Waals surface area contributed by atoms with Gasteiger partial charge in [0.1, 0.15) is 17.3 Å². The highest BCUT2D eigenvalue weighted by molar-refractivity contribution is 9.10. The SMILES string of the molecule is Nc1ccsc1C(=O)OCc1cc(F)cc(Br)c1. The molecule has 2 N–H and O–H groups in total. The van der Waals surface area contributed by atoms with Crippen molar-refractivity contribution in [3.63, 3.8) is 0 Å². The molecule has 2 aromatic rings. The summed E-state index contributed by atoms with van der Waals surface area (Å²) in [4.78, 5) is 12.0. The average molecular weight is 330 g/mol. The zero-order valence-electron chi connectivity index (χ0n) is 9.15. The minimum Gasteiger partial charge on any atom is -0.457 e. The third kappa shape index (κ3) is 3.08. The number of anilines is 1. The molecule has 0 spiro atoms. The number of esters is 1. The van der Waals surface area contributed by atoms with Crippen LogP contribution in [0.2, 0.25) is 0 Å². The number of hydrogen-bond donors (Lipinski definition) is 1. The topological polar surface area (TPSA) is 52.3 Å². The molecule has 18 heavy (non-hydrogen) atoms. The number of carbonyl (C=O) groups excluding carboxylic acids is 1. The Morgan fingerprint density at radius 2 is 2.22 bits per heavy atom. The van der Waals surface area contributed by atoms with Crippen molar-refractivity contribution in [2.75, 3.05) is 5.73 Å². The van der Waals surface area contributed by atoms with E-state index in [2.05, 4.69) is 15.9 Å². The number of nitrogen functional groups attached to an aromatic ring is 1. The third-order valence-corrected chi connectivity index (χ3v) is 3.54. The Kier molecular flexibility index (Phi) is 3.98. The van der Waals surface area contributed by atoms with Gasteiger partial charge in [0, 0.05) is 4.47 Å². The summed E-state index contributed by atoms with van der Waals surface area (Å²) in [7, 11) is 0. The second kappa shape index (κ2) is 5.49. The van der Waals surface area contributed by atoms with Crippen LogP contribution in [0, 0.1) is 5.82 Å². The van der Waals surface area contributed by atoms with Gasteiger partial charge in [0.05, 0.1) is 5.69 Å². The molecule has 0 radical (unpaired) electrons. The molecule has 1 heterocycles. The number of halogens is 2. The van der Waals surface area contributed by atoms with Gasteiger partial charge < -0.3 is 10.5 Å². The number of rotatable bonds is 3. The molecule has 0 aliphatic rings. The minimum absolute atomic E-state index is 0.00648. The minimum atomic E-state index is -0.497. The van der Waals surface area contributed by atoms with Gasteiger partial charge >= 0.3 is 5.97 Å². The molecule has 0 atom stereocenters. The second-order valence-electron chi connectivity index (χ2n) is 3.56. The van der Waals surface area contributed by atoms with Gasteiger partial charge in [-0.25, -0.2) is 9.18 Å². The first-order valence-corrected chi connectivity index (χ1v) is 6.68. The van der Waals surface area contributed by atoms with Crippen LogP contribution in [-0.4, -0.2) is 5.97 Å². The van der Waals surface area contributed by atoms with Crippen LogP contribution in [0.15, 0.2) is 34.1 Å². The average Bonchev–Trinajstić information content (AvgIpc) is 2.71. The van der Waals surface area contributed by atoms with Crippen molar-refractivity contribution in [2.45, 2.75) is 6.61 Å². The molecule has 0 unspecified atom stereocenters. The van der Waals surface area contributed by atoms with Crippen LogP contribution in [0.3, 0.4) is 0 Å². The van der Waals surface area contributed by atoms with E-state index in [0.717, 1.165) is 0 Å². The molecule has 94 valence electrons. The lowest BCUT2D eigenvalue weighted by Gasteiger charge is -2.05. The van der Waals surface area contributed by atoms with Crippen LogP contribution in [0.5, 0.6) is 0 Å². The van der Waals surface area contributed by atoms with Crippen LogP contribution in [-0.2, 0) is 11.3 Å². The predicted octanol–water partition coefficient (Wildman–Crippen LogP) is 3.59. The summed E-state index contributed by atoms with van der Waals surface area (Å²) < 4.78 is 18.8. The second-order valence-corrected chi connectivity index (χ2v) is 5.39. The van der Waals surface area contributed by atoms with Crippen molar-refractivity contribution >= 4 is 38.9 Å².